The number of hydrogen-bond acceptors (Lipinski definition) is 5. The van der Waals surface area contributed by atoms with Gasteiger partial charge in [-0.1, -0.05) is 12.1 Å². The molecular formula is C19H32IN5O4S. The van der Waals surface area contributed by atoms with Gasteiger partial charge in [0.1, 0.15) is 0 Å². The molecule has 0 saturated carbocycles. The SMILES string of the molecule is CCNC(=NCc1cccc(S(=O)(=O)NCCOC)c1)N1CCN(C(C)=O)CC1.I. The van der Waals surface area contributed by atoms with Crippen LogP contribution in [0.15, 0.2) is 34.2 Å². The van der Waals surface area contributed by atoms with Crippen molar-refractivity contribution in [1.29, 1.82) is 0 Å². The monoisotopic (exact) mass is 553 g/mol. The minimum absolute atomic E-state index is 0. The molecule has 2 rings (SSSR count). The van der Waals surface area contributed by atoms with Crippen molar-refractivity contribution in [3.05, 3.63) is 29.8 Å². The van der Waals surface area contributed by atoms with Crippen LogP contribution in [0.2, 0.25) is 0 Å². The van der Waals surface area contributed by atoms with E-state index >= 15 is 0 Å². The van der Waals surface area contributed by atoms with Crippen LogP contribution < -0.4 is 10.0 Å². The zero-order valence-corrected chi connectivity index (χ0v) is 20.9. The second kappa shape index (κ2) is 13.1. The molecular weight excluding hydrogens is 521 g/mol. The first-order chi connectivity index (χ1) is 13.9. The van der Waals surface area contributed by atoms with E-state index in [0.29, 0.717) is 39.3 Å². The molecule has 9 nitrogen and oxygen atoms in total. The number of rotatable bonds is 8. The molecule has 1 aromatic rings. The van der Waals surface area contributed by atoms with Gasteiger partial charge in [0.05, 0.1) is 18.0 Å². The molecule has 1 fully saturated rings. The summed E-state index contributed by atoms with van der Waals surface area (Å²) in [7, 11) is -2.06. The van der Waals surface area contributed by atoms with Gasteiger partial charge in [-0.05, 0) is 24.6 Å². The summed E-state index contributed by atoms with van der Waals surface area (Å²) in [5, 5.41) is 3.27. The second-order valence-corrected chi connectivity index (χ2v) is 8.47. The van der Waals surface area contributed by atoms with E-state index in [1.165, 1.54) is 7.11 Å². The fourth-order valence-electron chi connectivity index (χ4n) is 3.00. The molecule has 0 radical (unpaired) electrons. The van der Waals surface area contributed by atoms with Crippen molar-refractivity contribution in [1.82, 2.24) is 19.8 Å². The lowest BCUT2D eigenvalue weighted by molar-refractivity contribution is -0.130. The number of sulfonamides is 1. The molecule has 1 aromatic carbocycles. The molecule has 0 aliphatic carbocycles. The third kappa shape index (κ3) is 8.00. The maximum Gasteiger partial charge on any atom is 0.240 e. The number of methoxy groups -OCH3 is 1. The quantitative estimate of drug-likeness (QED) is 0.214. The van der Waals surface area contributed by atoms with Gasteiger partial charge in [0.2, 0.25) is 15.9 Å². The highest BCUT2D eigenvalue weighted by Gasteiger charge is 2.21. The number of ether oxygens (including phenoxy) is 1. The molecule has 0 aromatic heterocycles. The van der Waals surface area contributed by atoms with E-state index in [1.54, 1.807) is 25.1 Å². The molecule has 0 spiro atoms. The van der Waals surface area contributed by atoms with Crippen LogP contribution in [0.3, 0.4) is 0 Å². The average molecular weight is 553 g/mol. The summed E-state index contributed by atoms with van der Waals surface area (Å²) in [4.78, 5) is 20.3. The lowest BCUT2D eigenvalue weighted by atomic mass is 10.2. The molecule has 1 saturated heterocycles. The summed E-state index contributed by atoms with van der Waals surface area (Å²) in [6.45, 7) is 7.96. The Balaban J connectivity index is 0.00000450. The predicted molar refractivity (Wildman–Crippen MR) is 128 cm³/mol. The van der Waals surface area contributed by atoms with Gasteiger partial charge >= 0.3 is 0 Å². The van der Waals surface area contributed by atoms with Crippen LogP contribution in [0.1, 0.15) is 19.4 Å². The first-order valence-electron chi connectivity index (χ1n) is 9.73. The molecule has 0 bridgehead atoms. The first-order valence-corrected chi connectivity index (χ1v) is 11.2. The summed E-state index contributed by atoms with van der Waals surface area (Å²) in [5.74, 6) is 0.853. The third-order valence-corrected chi connectivity index (χ3v) is 6.04. The summed E-state index contributed by atoms with van der Waals surface area (Å²) in [6, 6.07) is 6.77. The van der Waals surface area contributed by atoms with Gasteiger partial charge in [-0.2, -0.15) is 0 Å². The predicted octanol–water partition coefficient (Wildman–Crippen LogP) is 0.859. The smallest absolute Gasteiger partial charge is 0.240 e. The van der Waals surface area contributed by atoms with Crippen molar-refractivity contribution in [3.8, 4) is 0 Å². The third-order valence-electron chi connectivity index (χ3n) is 4.58. The Labute approximate surface area is 196 Å². The number of nitrogens with zero attached hydrogens (tertiary/aromatic N) is 3. The Morgan fingerprint density at radius 2 is 1.87 bits per heavy atom. The highest BCUT2D eigenvalue weighted by molar-refractivity contribution is 14.0. The van der Waals surface area contributed by atoms with Gasteiger partial charge in [0.25, 0.3) is 0 Å². The summed E-state index contributed by atoms with van der Waals surface area (Å²) >= 11 is 0. The number of carbonyl (C=O) groups is 1. The van der Waals surface area contributed by atoms with Crippen LogP contribution in [0.4, 0.5) is 0 Å². The standard InChI is InChI=1S/C19H31N5O4S.HI/c1-4-20-19(24-11-9-23(10-12-24)16(2)25)21-15-17-6-5-7-18(14-17)29(26,27)22-8-13-28-3;/h5-7,14,22H,4,8-13,15H2,1-3H3,(H,20,21);1H. The van der Waals surface area contributed by atoms with E-state index in [2.05, 4.69) is 19.9 Å². The van der Waals surface area contributed by atoms with Gasteiger partial charge in [0.15, 0.2) is 5.96 Å². The molecule has 1 heterocycles. The van der Waals surface area contributed by atoms with E-state index in [9.17, 15) is 13.2 Å². The van der Waals surface area contributed by atoms with Crippen LogP contribution >= 0.6 is 24.0 Å². The lowest BCUT2D eigenvalue weighted by Crippen LogP contribution is -2.53. The number of aliphatic imine (C=N–C) groups is 1. The molecule has 0 unspecified atom stereocenters. The number of benzene rings is 1. The van der Waals surface area contributed by atoms with Crippen LogP contribution in [0.5, 0.6) is 0 Å². The van der Waals surface area contributed by atoms with Gasteiger partial charge in [0, 0.05) is 53.3 Å². The number of halogens is 1. The van der Waals surface area contributed by atoms with Crippen LogP contribution in [-0.4, -0.2) is 83.1 Å². The number of amides is 1. The van der Waals surface area contributed by atoms with Crippen molar-refractivity contribution < 1.29 is 17.9 Å². The first kappa shape index (κ1) is 26.6. The minimum atomic E-state index is -3.58. The van der Waals surface area contributed by atoms with E-state index in [-0.39, 0.29) is 41.3 Å². The molecule has 1 aliphatic rings. The highest BCUT2D eigenvalue weighted by atomic mass is 127. The van der Waals surface area contributed by atoms with Crippen molar-refractivity contribution in [3.63, 3.8) is 0 Å². The van der Waals surface area contributed by atoms with Gasteiger partial charge in [-0.25, -0.2) is 18.1 Å². The summed E-state index contributed by atoms with van der Waals surface area (Å²) in [5.41, 5.74) is 0.803. The Morgan fingerprint density at radius 3 is 2.47 bits per heavy atom. The maximum atomic E-state index is 12.4. The number of piperazine rings is 1. The van der Waals surface area contributed by atoms with E-state index in [0.717, 1.165) is 18.1 Å². The van der Waals surface area contributed by atoms with Crippen LogP contribution in [0.25, 0.3) is 0 Å². The molecule has 170 valence electrons. The zero-order chi connectivity index (χ0) is 21.3. The zero-order valence-electron chi connectivity index (χ0n) is 17.8. The van der Waals surface area contributed by atoms with Crippen molar-refractivity contribution in [2.75, 3.05) is 53.0 Å². The highest BCUT2D eigenvalue weighted by Crippen LogP contribution is 2.13. The van der Waals surface area contributed by atoms with E-state index in [1.807, 2.05) is 17.9 Å². The van der Waals surface area contributed by atoms with E-state index < -0.39 is 10.0 Å². The molecule has 1 amide bonds. The topological polar surface area (TPSA) is 103 Å². The maximum absolute atomic E-state index is 12.4. The second-order valence-electron chi connectivity index (χ2n) is 6.70. The van der Waals surface area contributed by atoms with Crippen LogP contribution in [-0.2, 0) is 26.1 Å². The molecule has 11 heteroatoms. The normalized spacial score (nSPS) is 15.0. The number of guanidine groups is 1. The fraction of sp³-hybridized carbons (Fsp3) is 0.579. The van der Waals surface area contributed by atoms with Gasteiger partial charge < -0.3 is 19.9 Å². The number of nitrogens with one attached hydrogen (secondary N) is 2. The number of carbonyl (C=O) groups excluding carboxylic acids is 1. The van der Waals surface area contributed by atoms with Crippen molar-refractivity contribution in [2.45, 2.75) is 25.3 Å². The van der Waals surface area contributed by atoms with Gasteiger partial charge in [-0.3, -0.25) is 4.79 Å². The number of hydrogen-bond donors (Lipinski definition) is 2. The summed E-state index contributed by atoms with van der Waals surface area (Å²) in [6.07, 6.45) is 0. The lowest BCUT2D eigenvalue weighted by Gasteiger charge is -2.36. The molecule has 30 heavy (non-hydrogen) atoms. The molecule has 0 atom stereocenters. The summed E-state index contributed by atoms with van der Waals surface area (Å²) < 4.78 is 32.2. The Hall–Kier alpha value is -1.44. The van der Waals surface area contributed by atoms with E-state index in [4.69, 9.17) is 4.74 Å². The fourth-order valence-corrected chi connectivity index (χ4v) is 4.08. The molecule has 1 aliphatic heterocycles. The minimum Gasteiger partial charge on any atom is -0.383 e. The Morgan fingerprint density at radius 1 is 1.20 bits per heavy atom. The Kier molecular flexibility index (Phi) is 11.6. The van der Waals surface area contributed by atoms with Crippen LogP contribution in [0, 0.1) is 0 Å². The Bertz CT molecular complexity index is 811. The van der Waals surface area contributed by atoms with Crippen molar-refractivity contribution >= 4 is 45.9 Å². The van der Waals surface area contributed by atoms with Gasteiger partial charge in [-0.15, -0.1) is 24.0 Å². The largest absolute Gasteiger partial charge is 0.383 e. The average Bonchev–Trinajstić information content (AvgIpc) is 2.71. The van der Waals surface area contributed by atoms with Crippen molar-refractivity contribution in [2.24, 2.45) is 4.99 Å². The molecule has 2 N–H and O–H groups in total.